The van der Waals surface area contributed by atoms with Crippen molar-refractivity contribution >= 4 is 29.1 Å². The van der Waals surface area contributed by atoms with Crippen molar-refractivity contribution in [2.24, 2.45) is 0 Å². The van der Waals surface area contributed by atoms with Crippen LogP contribution in [0.25, 0.3) is 0 Å². The van der Waals surface area contributed by atoms with Crippen LogP contribution in [-0.2, 0) is 11.3 Å². The van der Waals surface area contributed by atoms with E-state index >= 15 is 0 Å². The highest BCUT2D eigenvalue weighted by atomic mass is 35.5. The summed E-state index contributed by atoms with van der Waals surface area (Å²) in [4.78, 5) is 16.5. The maximum Gasteiger partial charge on any atom is 0.263 e. The molecule has 6 heteroatoms. The maximum absolute atomic E-state index is 12.4. The Hall–Kier alpha value is -1.78. The third-order valence-electron chi connectivity index (χ3n) is 4.20. The quantitative estimate of drug-likeness (QED) is 0.765. The Bertz CT molecular complexity index is 746. The van der Waals surface area contributed by atoms with Gasteiger partial charge in [0.1, 0.15) is 10.1 Å². The minimum Gasteiger partial charge on any atom is -0.478 e. The Morgan fingerprint density at radius 3 is 2.56 bits per heavy atom. The topological polar surface area (TPSA) is 51.2 Å². The van der Waals surface area contributed by atoms with E-state index in [1.54, 1.807) is 26.2 Å². The number of amides is 1. The molecule has 0 unspecified atom stereocenters. The van der Waals surface area contributed by atoms with E-state index in [0.29, 0.717) is 12.3 Å². The van der Waals surface area contributed by atoms with Crippen LogP contribution in [0.1, 0.15) is 37.3 Å². The molecule has 1 aliphatic carbocycles. The number of rotatable bonds is 6. The van der Waals surface area contributed by atoms with Crippen LogP contribution in [0.2, 0.25) is 0 Å². The second-order valence-corrected chi connectivity index (χ2v) is 8.29. The van der Waals surface area contributed by atoms with Gasteiger partial charge in [-0.25, -0.2) is 0 Å². The van der Waals surface area contributed by atoms with Crippen molar-refractivity contribution in [1.29, 1.82) is 0 Å². The summed E-state index contributed by atoms with van der Waals surface area (Å²) in [5, 5.41) is 2.87. The number of alkyl halides is 2. The second kappa shape index (κ2) is 6.85. The summed E-state index contributed by atoms with van der Waals surface area (Å²) in [7, 11) is 0. The van der Waals surface area contributed by atoms with E-state index in [-0.39, 0.29) is 11.8 Å². The molecule has 0 radical (unpaired) electrons. The van der Waals surface area contributed by atoms with Gasteiger partial charge in [-0.2, -0.15) is 0 Å². The van der Waals surface area contributed by atoms with Gasteiger partial charge >= 0.3 is 0 Å². The monoisotopic (exact) mass is 378 g/mol. The molecular weight excluding hydrogens is 359 g/mol. The van der Waals surface area contributed by atoms with Crippen LogP contribution >= 0.6 is 23.2 Å². The van der Waals surface area contributed by atoms with Gasteiger partial charge < -0.3 is 10.1 Å². The first-order valence-electron chi connectivity index (χ1n) is 8.12. The molecule has 0 spiro atoms. The zero-order chi connectivity index (χ0) is 18.1. The molecule has 2 aromatic rings. The predicted molar refractivity (Wildman–Crippen MR) is 99.0 cm³/mol. The third kappa shape index (κ3) is 4.44. The molecule has 3 rings (SSSR count). The second-order valence-electron chi connectivity index (χ2n) is 6.74. The number of benzene rings is 1. The van der Waals surface area contributed by atoms with Gasteiger partial charge in [0.05, 0.1) is 0 Å². The standard InChI is InChI=1S/C19H20Cl2N2O2/c1-18(2,17(24)23-12-13-4-3-9-22-11-13)25-15-7-5-14(6-8-15)16-10-19(16,20)21/h3-9,11,16H,10,12H2,1-2H3,(H,23,24)/t16-/m0/s1. The smallest absolute Gasteiger partial charge is 0.263 e. The number of pyridine rings is 1. The minimum atomic E-state index is -0.994. The molecule has 1 N–H and O–H groups in total. The van der Waals surface area contributed by atoms with E-state index in [4.69, 9.17) is 27.9 Å². The summed E-state index contributed by atoms with van der Waals surface area (Å²) in [6, 6.07) is 11.3. The zero-order valence-corrected chi connectivity index (χ0v) is 15.6. The highest BCUT2D eigenvalue weighted by Crippen LogP contribution is 2.59. The van der Waals surface area contributed by atoms with Gasteiger partial charge in [0.25, 0.3) is 5.91 Å². The summed E-state index contributed by atoms with van der Waals surface area (Å²) >= 11 is 12.2. The number of halogens is 2. The van der Waals surface area contributed by atoms with Gasteiger partial charge in [0.2, 0.25) is 0 Å². The number of nitrogens with one attached hydrogen (secondary N) is 1. The van der Waals surface area contributed by atoms with E-state index in [0.717, 1.165) is 17.5 Å². The molecule has 1 saturated carbocycles. The third-order valence-corrected chi connectivity index (χ3v) is 5.04. The average molecular weight is 379 g/mol. The first kappa shape index (κ1) is 18.0. The van der Waals surface area contributed by atoms with Gasteiger partial charge in [-0.3, -0.25) is 9.78 Å². The molecule has 0 aliphatic heterocycles. The van der Waals surface area contributed by atoms with E-state index < -0.39 is 9.93 Å². The number of hydrogen-bond donors (Lipinski definition) is 1. The van der Waals surface area contributed by atoms with E-state index in [1.807, 2.05) is 36.4 Å². The van der Waals surface area contributed by atoms with Crippen LogP contribution in [0.3, 0.4) is 0 Å². The molecule has 1 aromatic carbocycles. The number of hydrogen-bond acceptors (Lipinski definition) is 3. The number of carbonyl (C=O) groups is 1. The Balaban J connectivity index is 1.57. The Morgan fingerprint density at radius 2 is 2.00 bits per heavy atom. The van der Waals surface area contributed by atoms with Crippen molar-refractivity contribution in [2.75, 3.05) is 0 Å². The summed E-state index contributed by atoms with van der Waals surface area (Å²) < 4.78 is 5.22. The normalized spacial score (nSPS) is 18.5. The molecule has 1 amide bonds. The maximum atomic E-state index is 12.4. The molecule has 25 heavy (non-hydrogen) atoms. The van der Waals surface area contributed by atoms with Crippen molar-refractivity contribution in [3.05, 3.63) is 59.9 Å². The van der Waals surface area contributed by atoms with Gasteiger partial charge in [0.15, 0.2) is 5.60 Å². The fourth-order valence-electron chi connectivity index (χ4n) is 2.58. The SMILES string of the molecule is CC(C)(Oc1ccc([C@@H]2CC2(Cl)Cl)cc1)C(=O)NCc1cccnc1. The molecule has 4 nitrogen and oxygen atoms in total. The summed E-state index contributed by atoms with van der Waals surface area (Å²) in [5.41, 5.74) is 1.02. The molecule has 0 saturated heterocycles. The fraction of sp³-hybridized carbons (Fsp3) is 0.368. The molecule has 0 bridgehead atoms. The number of ether oxygens (including phenoxy) is 1. The van der Waals surface area contributed by atoms with Crippen LogP contribution in [0.5, 0.6) is 5.75 Å². The molecule has 1 heterocycles. The van der Waals surface area contributed by atoms with Crippen molar-refractivity contribution in [2.45, 2.75) is 42.7 Å². The van der Waals surface area contributed by atoms with Crippen LogP contribution in [-0.4, -0.2) is 20.8 Å². The Morgan fingerprint density at radius 1 is 1.32 bits per heavy atom. The van der Waals surface area contributed by atoms with Gasteiger partial charge in [0, 0.05) is 24.9 Å². The minimum absolute atomic E-state index is 0.167. The van der Waals surface area contributed by atoms with Crippen LogP contribution in [0.4, 0.5) is 0 Å². The molecule has 1 aliphatic rings. The highest BCUT2D eigenvalue weighted by molar-refractivity contribution is 6.51. The largest absolute Gasteiger partial charge is 0.478 e. The van der Waals surface area contributed by atoms with Gasteiger partial charge in [-0.15, -0.1) is 23.2 Å². The lowest BCUT2D eigenvalue weighted by atomic mass is 10.1. The lowest BCUT2D eigenvalue weighted by Crippen LogP contribution is -2.46. The number of aromatic nitrogens is 1. The Labute approximate surface area is 157 Å². The first-order valence-corrected chi connectivity index (χ1v) is 8.87. The van der Waals surface area contributed by atoms with Gasteiger partial charge in [-0.05, 0) is 49.6 Å². The lowest BCUT2D eigenvalue weighted by Gasteiger charge is -2.25. The summed E-state index contributed by atoms with van der Waals surface area (Å²) in [5.74, 6) is 0.601. The lowest BCUT2D eigenvalue weighted by molar-refractivity contribution is -0.134. The summed E-state index contributed by atoms with van der Waals surface area (Å²) in [6.45, 7) is 3.89. The van der Waals surface area contributed by atoms with E-state index in [9.17, 15) is 4.79 Å². The average Bonchev–Trinajstić information content (AvgIpc) is 3.22. The van der Waals surface area contributed by atoms with E-state index in [1.165, 1.54) is 0 Å². The number of nitrogens with zero attached hydrogens (tertiary/aromatic N) is 1. The zero-order valence-electron chi connectivity index (χ0n) is 14.1. The first-order chi connectivity index (χ1) is 11.8. The fourth-order valence-corrected chi connectivity index (χ4v) is 3.14. The van der Waals surface area contributed by atoms with Crippen LogP contribution in [0, 0.1) is 0 Å². The van der Waals surface area contributed by atoms with Crippen molar-refractivity contribution in [3.8, 4) is 5.75 Å². The molecule has 1 atom stereocenters. The molecular formula is C19H20Cl2N2O2. The van der Waals surface area contributed by atoms with Crippen LogP contribution < -0.4 is 10.1 Å². The molecule has 132 valence electrons. The predicted octanol–water partition coefficient (Wildman–Crippen LogP) is 4.22. The van der Waals surface area contributed by atoms with Gasteiger partial charge in [-0.1, -0.05) is 18.2 Å². The molecule has 1 aromatic heterocycles. The van der Waals surface area contributed by atoms with Crippen LogP contribution in [0.15, 0.2) is 48.8 Å². The number of carbonyl (C=O) groups excluding carboxylic acids is 1. The summed E-state index contributed by atoms with van der Waals surface area (Å²) in [6.07, 6.45) is 4.18. The van der Waals surface area contributed by atoms with Crippen molar-refractivity contribution < 1.29 is 9.53 Å². The van der Waals surface area contributed by atoms with Crippen molar-refractivity contribution in [1.82, 2.24) is 10.3 Å². The van der Waals surface area contributed by atoms with E-state index in [2.05, 4.69) is 10.3 Å². The highest BCUT2D eigenvalue weighted by Gasteiger charge is 2.52. The molecule has 1 fully saturated rings. The Kier molecular flexibility index (Phi) is 4.94. The van der Waals surface area contributed by atoms with Crippen molar-refractivity contribution in [3.63, 3.8) is 0 Å².